The molecule has 5 rings (SSSR count). The second-order valence-corrected chi connectivity index (χ2v) is 8.00. The number of aromatic amines is 1. The van der Waals surface area contributed by atoms with Gasteiger partial charge in [-0.05, 0) is 42.7 Å². The molecule has 2 aromatic carbocycles. The molecular weight excluding hydrogens is 376 g/mol. The van der Waals surface area contributed by atoms with Crippen molar-refractivity contribution in [2.24, 2.45) is 5.92 Å². The Hall–Kier alpha value is -3.41. The lowest BCUT2D eigenvalue weighted by molar-refractivity contribution is -0.134. The van der Waals surface area contributed by atoms with E-state index in [-0.39, 0.29) is 17.7 Å². The third-order valence-corrected chi connectivity index (χ3v) is 5.90. The number of aromatic nitrogens is 2. The van der Waals surface area contributed by atoms with Crippen LogP contribution in [0.1, 0.15) is 34.5 Å². The largest absolute Gasteiger partial charge is 0.339 e. The highest BCUT2D eigenvalue weighted by molar-refractivity contribution is 5.95. The van der Waals surface area contributed by atoms with E-state index < -0.39 is 0 Å². The van der Waals surface area contributed by atoms with Crippen LogP contribution in [-0.4, -0.2) is 58.0 Å². The molecule has 0 radical (unpaired) electrons. The standard InChI is InChI=1S/C24H24N4O2/c29-23(27-13-15-28(16-14-27)24(30)19-10-11-19)18-8-5-17(6-9-18)7-12-22-20-3-1-2-4-21(20)25-26-22/h1-9,12,19H,10-11,13-16H2,(H,25,26)/b12-7+. The molecule has 1 N–H and O–H groups in total. The number of hydrogen-bond acceptors (Lipinski definition) is 3. The van der Waals surface area contributed by atoms with Crippen molar-refractivity contribution in [3.8, 4) is 0 Å². The van der Waals surface area contributed by atoms with E-state index >= 15 is 0 Å². The maximum absolute atomic E-state index is 12.8. The zero-order valence-electron chi connectivity index (χ0n) is 16.8. The molecule has 152 valence electrons. The molecule has 2 aliphatic rings. The number of benzene rings is 2. The van der Waals surface area contributed by atoms with E-state index in [1.807, 2.05) is 70.5 Å². The molecule has 3 aromatic rings. The maximum atomic E-state index is 12.8. The molecule has 0 atom stereocenters. The lowest BCUT2D eigenvalue weighted by Gasteiger charge is -2.35. The predicted octanol–water partition coefficient (Wildman–Crippen LogP) is 3.43. The molecule has 0 spiro atoms. The minimum atomic E-state index is 0.0299. The zero-order valence-corrected chi connectivity index (χ0v) is 16.8. The van der Waals surface area contributed by atoms with Crippen molar-refractivity contribution in [2.75, 3.05) is 26.2 Å². The topological polar surface area (TPSA) is 69.3 Å². The smallest absolute Gasteiger partial charge is 0.253 e. The molecule has 1 aliphatic carbocycles. The van der Waals surface area contributed by atoms with E-state index in [4.69, 9.17) is 0 Å². The van der Waals surface area contributed by atoms with Crippen LogP contribution in [0.3, 0.4) is 0 Å². The SMILES string of the molecule is O=C(c1ccc(/C=C/c2n[nH]c3ccccc23)cc1)N1CCN(C(=O)C2CC2)CC1. The van der Waals surface area contributed by atoms with Crippen LogP contribution in [0.2, 0.25) is 0 Å². The van der Waals surface area contributed by atoms with Crippen molar-refractivity contribution in [3.63, 3.8) is 0 Å². The van der Waals surface area contributed by atoms with Gasteiger partial charge in [-0.15, -0.1) is 0 Å². The van der Waals surface area contributed by atoms with E-state index in [0.717, 1.165) is 35.0 Å². The van der Waals surface area contributed by atoms with Gasteiger partial charge in [-0.25, -0.2) is 0 Å². The Kier molecular flexibility index (Phi) is 4.83. The number of carbonyl (C=O) groups is 2. The number of para-hydroxylation sites is 1. The van der Waals surface area contributed by atoms with Crippen molar-refractivity contribution < 1.29 is 9.59 Å². The third-order valence-electron chi connectivity index (χ3n) is 5.90. The minimum Gasteiger partial charge on any atom is -0.339 e. The van der Waals surface area contributed by atoms with Gasteiger partial charge >= 0.3 is 0 Å². The Morgan fingerprint density at radius 1 is 0.900 bits per heavy atom. The molecular formula is C24H24N4O2. The average Bonchev–Trinajstić information content (AvgIpc) is 3.57. The van der Waals surface area contributed by atoms with Crippen LogP contribution in [0.25, 0.3) is 23.1 Å². The lowest BCUT2D eigenvalue weighted by atomic mass is 10.1. The Bertz CT molecular complexity index is 1100. The number of nitrogens with zero attached hydrogens (tertiary/aromatic N) is 3. The molecule has 6 nitrogen and oxygen atoms in total. The van der Waals surface area contributed by atoms with Crippen molar-refractivity contribution >= 4 is 34.9 Å². The Morgan fingerprint density at radius 2 is 1.60 bits per heavy atom. The molecule has 0 bridgehead atoms. The molecule has 1 aliphatic heterocycles. The van der Waals surface area contributed by atoms with Gasteiger partial charge in [0, 0.05) is 43.0 Å². The van der Waals surface area contributed by atoms with Crippen LogP contribution in [0.4, 0.5) is 0 Å². The van der Waals surface area contributed by atoms with Gasteiger partial charge in [-0.1, -0.05) is 36.4 Å². The summed E-state index contributed by atoms with van der Waals surface area (Å²) in [5.41, 5.74) is 3.60. The molecule has 2 fully saturated rings. The van der Waals surface area contributed by atoms with Crippen LogP contribution in [0.15, 0.2) is 48.5 Å². The monoisotopic (exact) mass is 400 g/mol. The van der Waals surface area contributed by atoms with Crippen molar-refractivity contribution in [1.82, 2.24) is 20.0 Å². The number of fused-ring (bicyclic) bond motifs is 1. The molecule has 2 amide bonds. The first kappa shape index (κ1) is 18.6. The molecule has 2 heterocycles. The van der Waals surface area contributed by atoms with E-state index in [0.29, 0.717) is 31.7 Å². The number of nitrogens with one attached hydrogen (secondary N) is 1. The van der Waals surface area contributed by atoms with Crippen LogP contribution < -0.4 is 0 Å². The highest BCUT2D eigenvalue weighted by atomic mass is 16.2. The number of hydrogen-bond donors (Lipinski definition) is 1. The number of piperazine rings is 1. The van der Waals surface area contributed by atoms with E-state index in [2.05, 4.69) is 10.2 Å². The van der Waals surface area contributed by atoms with Crippen LogP contribution in [0, 0.1) is 5.92 Å². The van der Waals surface area contributed by atoms with Crippen molar-refractivity contribution in [2.45, 2.75) is 12.8 Å². The first-order valence-electron chi connectivity index (χ1n) is 10.5. The quantitative estimate of drug-likeness (QED) is 0.730. The van der Waals surface area contributed by atoms with Gasteiger partial charge in [0.1, 0.15) is 0 Å². The summed E-state index contributed by atoms with van der Waals surface area (Å²) >= 11 is 0. The Morgan fingerprint density at radius 3 is 2.33 bits per heavy atom. The highest BCUT2D eigenvalue weighted by Crippen LogP contribution is 2.31. The third kappa shape index (κ3) is 3.73. The Labute approximate surface area is 175 Å². The predicted molar refractivity (Wildman–Crippen MR) is 117 cm³/mol. The van der Waals surface area contributed by atoms with Crippen LogP contribution >= 0.6 is 0 Å². The van der Waals surface area contributed by atoms with E-state index in [1.54, 1.807) is 0 Å². The summed E-state index contributed by atoms with van der Waals surface area (Å²) in [6, 6.07) is 15.7. The minimum absolute atomic E-state index is 0.0299. The molecule has 0 unspecified atom stereocenters. The van der Waals surface area contributed by atoms with Gasteiger partial charge in [0.05, 0.1) is 11.2 Å². The summed E-state index contributed by atoms with van der Waals surface area (Å²) in [6.07, 6.45) is 6.02. The van der Waals surface area contributed by atoms with E-state index in [9.17, 15) is 9.59 Å². The van der Waals surface area contributed by atoms with Gasteiger partial charge in [0.15, 0.2) is 0 Å². The fourth-order valence-corrected chi connectivity index (χ4v) is 3.92. The molecule has 1 aromatic heterocycles. The number of H-pyrrole nitrogens is 1. The van der Waals surface area contributed by atoms with Gasteiger partial charge in [-0.3, -0.25) is 14.7 Å². The summed E-state index contributed by atoms with van der Waals surface area (Å²) in [5.74, 6) is 0.539. The number of carbonyl (C=O) groups excluding carboxylic acids is 2. The molecule has 6 heteroatoms. The lowest BCUT2D eigenvalue weighted by Crippen LogP contribution is -2.51. The average molecular weight is 400 g/mol. The highest BCUT2D eigenvalue weighted by Gasteiger charge is 2.35. The Balaban J connectivity index is 1.21. The van der Waals surface area contributed by atoms with Gasteiger partial charge in [0.2, 0.25) is 5.91 Å². The molecule has 30 heavy (non-hydrogen) atoms. The van der Waals surface area contributed by atoms with Gasteiger partial charge in [-0.2, -0.15) is 5.10 Å². The van der Waals surface area contributed by atoms with E-state index in [1.165, 1.54) is 0 Å². The second kappa shape index (κ2) is 7.78. The fourth-order valence-electron chi connectivity index (χ4n) is 3.92. The first-order valence-corrected chi connectivity index (χ1v) is 10.5. The molecule has 1 saturated heterocycles. The fraction of sp³-hybridized carbons (Fsp3) is 0.292. The number of amides is 2. The summed E-state index contributed by atoms with van der Waals surface area (Å²) in [7, 11) is 0. The zero-order chi connectivity index (χ0) is 20.5. The van der Waals surface area contributed by atoms with Crippen molar-refractivity contribution in [1.29, 1.82) is 0 Å². The van der Waals surface area contributed by atoms with Gasteiger partial charge in [0.25, 0.3) is 5.91 Å². The summed E-state index contributed by atoms with van der Waals surface area (Å²) in [5, 5.41) is 8.46. The van der Waals surface area contributed by atoms with Gasteiger partial charge < -0.3 is 9.80 Å². The first-order chi connectivity index (χ1) is 14.7. The summed E-state index contributed by atoms with van der Waals surface area (Å²) in [4.78, 5) is 28.7. The number of rotatable bonds is 4. The molecule has 1 saturated carbocycles. The summed E-state index contributed by atoms with van der Waals surface area (Å²) in [6.45, 7) is 2.48. The maximum Gasteiger partial charge on any atom is 0.253 e. The summed E-state index contributed by atoms with van der Waals surface area (Å²) < 4.78 is 0. The second-order valence-electron chi connectivity index (χ2n) is 8.00. The van der Waals surface area contributed by atoms with Crippen LogP contribution in [-0.2, 0) is 4.79 Å². The van der Waals surface area contributed by atoms with Crippen LogP contribution in [0.5, 0.6) is 0 Å². The normalized spacial score (nSPS) is 17.1. The van der Waals surface area contributed by atoms with Crippen molar-refractivity contribution in [3.05, 3.63) is 65.4 Å².